The monoisotopic (exact) mass is 92.0 g/mol. The molecule has 0 saturated heterocycles. The van der Waals surface area contributed by atoms with Crippen molar-refractivity contribution in [1.29, 1.82) is 0 Å². The van der Waals surface area contributed by atoms with E-state index >= 15 is 0 Å². The minimum atomic E-state index is 0. The van der Waals surface area contributed by atoms with E-state index in [2.05, 4.69) is 0 Å². The van der Waals surface area contributed by atoms with Gasteiger partial charge in [0, 0.05) is 0 Å². The maximum atomic E-state index is 0. The first kappa shape index (κ1) is 47.6. The van der Waals surface area contributed by atoms with Crippen LogP contribution in [0.5, 0.6) is 0 Å². The third kappa shape index (κ3) is 9.59. The summed E-state index contributed by atoms with van der Waals surface area (Å²) in [4.78, 5) is 0. The molecule has 0 rings (SSSR count). The maximum absolute atomic E-state index is 0. The fourth-order valence-corrected chi connectivity index (χ4v) is 0. The second-order valence-electron chi connectivity index (χ2n) is 0. The van der Waals surface area contributed by atoms with Gasteiger partial charge in [-0.05, 0) is 0 Å². The summed E-state index contributed by atoms with van der Waals surface area (Å²) < 4.78 is 0. The summed E-state index contributed by atoms with van der Waals surface area (Å²) >= 11 is 0. The van der Waals surface area contributed by atoms with Gasteiger partial charge in [-0.3, -0.25) is 0 Å². The zero-order valence-electron chi connectivity index (χ0n) is 1.00. The fraction of sp³-hybridized carbons (Fsp3) is 1.00. The topological polar surface area (TPSA) is 63.0 Å². The molecule has 0 aliphatic rings. The Labute approximate surface area is 68.6 Å². The van der Waals surface area contributed by atoms with Crippen molar-refractivity contribution in [2.24, 2.45) is 0 Å². The molecule has 0 fully saturated rings. The number of hydrogen-bond donors (Lipinski definition) is 0. The van der Waals surface area contributed by atoms with Crippen molar-refractivity contribution in [3.05, 3.63) is 0 Å². The Balaban J connectivity index is 0. The van der Waals surface area contributed by atoms with Crippen molar-refractivity contribution in [3.8, 4) is 0 Å². The third-order valence-electron chi connectivity index (χ3n) is 0. The predicted octanol–water partition coefficient (Wildman–Crippen LogP) is -1.66. The van der Waals surface area contributed by atoms with Gasteiger partial charge in [0.25, 0.3) is 0 Å². The SMILES string of the molecule is C.O.O.[KH]. The van der Waals surface area contributed by atoms with Crippen LogP contribution in [0.4, 0.5) is 0 Å². The van der Waals surface area contributed by atoms with Crippen LogP contribution in [0.3, 0.4) is 0 Å². The van der Waals surface area contributed by atoms with Gasteiger partial charge in [-0.25, -0.2) is 0 Å². The molecule has 0 saturated carbocycles. The predicted molar refractivity (Wildman–Crippen MR) is 21.1 cm³/mol. The molecule has 0 aliphatic carbocycles. The van der Waals surface area contributed by atoms with Crippen molar-refractivity contribution in [2.45, 2.75) is 7.43 Å². The molecule has 0 radical (unpaired) electrons. The molecular weight excluding hydrogens is 83.1 g/mol. The van der Waals surface area contributed by atoms with Gasteiger partial charge < -0.3 is 11.0 Å². The molecule has 0 unspecified atom stereocenters. The standard InChI is InChI=1S/CH4.K.2H2O.H/h1H4;;2*1H2;. The average Bonchev–Trinajstić information content (AvgIpc) is 0. The van der Waals surface area contributed by atoms with Gasteiger partial charge in [0.15, 0.2) is 0 Å². The van der Waals surface area contributed by atoms with E-state index in [9.17, 15) is 0 Å². The fourth-order valence-electron chi connectivity index (χ4n) is 0. The Bertz CT molecular complexity index is 6.00. The number of rotatable bonds is 0. The van der Waals surface area contributed by atoms with Crippen LogP contribution in [0.15, 0.2) is 0 Å². The molecule has 0 spiro atoms. The van der Waals surface area contributed by atoms with Crippen molar-refractivity contribution in [3.63, 3.8) is 0 Å². The first-order chi connectivity index (χ1) is 0. The van der Waals surface area contributed by atoms with Crippen molar-refractivity contribution in [1.82, 2.24) is 0 Å². The van der Waals surface area contributed by atoms with E-state index in [0.717, 1.165) is 0 Å². The summed E-state index contributed by atoms with van der Waals surface area (Å²) in [6.45, 7) is 0. The Morgan fingerprint density at radius 1 is 0.750 bits per heavy atom. The molecule has 0 aromatic heterocycles. The van der Waals surface area contributed by atoms with E-state index in [4.69, 9.17) is 0 Å². The molecule has 0 aliphatic heterocycles. The summed E-state index contributed by atoms with van der Waals surface area (Å²) in [5, 5.41) is 0. The Hall–Kier alpha value is 1.56. The molecule has 2 nitrogen and oxygen atoms in total. The summed E-state index contributed by atoms with van der Waals surface area (Å²) in [7, 11) is 0. The summed E-state index contributed by atoms with van der Waals surface area (Å²) in [5.74, 6) is 0. The van der Waals surface area contributed by atoms with Crippen LogP contribution in [0, 0.1) is 0 Å². The van der Waals surface area contributed by atoms with Crippen molar-refractivity contribution >= 4 is 51.4 Å². The van der Waals surface area contributed by atoms with Crippen LogP contribution in [-0.2, 0) is 0 Å². The van der Waals surface area contributed by atoms with Crippen LogP contribution in [0.1, 0.15) is 7.43 Å². The Morgan fingerprint density at radius 2 is 0.750 bits per heavy atom. The van der Waals surface area contributed by atoms with E-state index in [1.807, 2.05) is 0 Å². The molecule has 4 heavy (non-hydrogen) atoms. The first-order valence-electron chi connectivity index (χ1n) is 0. The summed E-state index contributed by atoms with van der Waals surface area (Å²) in [6.07, 6.45) is 0. The van der Waals surface area contributed by atoms with Crippen LogP contribution < -0.4 is 0 Å². The van der Waals surface area contributed by atoms with Crippen molar-refractivity contribution in [2.75, 3.05) is 0 Å². The first-order valence-corrected chi connectivity index (χ1v) is 0. The average molecular weight is 92.2 g/mol. The van der Waals surface area contributed by atoms with E-state index in [0.29, 0.717) is 0 Å². The summed E-state index contributed by atoms with van der Waals surface area (Å²) in [5.41, 5.74) is 0. The molecule has 0 bridgehead atoms. The van der Waals surface area contributed by atoms with E-state index in [-0.39, 0.29) is 69.8 Å². The van der Waals surface area contributed by atoms with E-state index in [1.165, 1.54) is 0 Å². The van der Waals surface area contributed by atoms with Crippen LogP contribution >= 0.6 is 0 Å². The molecule has 4 N–H and O–H groups in total. The van der Waals surface area contributed by atoms with E-state index in [1.54, 1.807) is 0 Å². The zero-order valence-corrected chi connectivity index (χ0v) is 1.00. The Kier molecular flexibility index (Phi) is 283. The number of hydrogen-bond acceptors (Lipinski definition) is 0. The Morgan fingerprint density at radius 3 is 0.750 bits per heavy atom. The summed E-state index contributed by atoms with van der Waals surface area (Å²) in [6, 6.07) is 0. The molecular formula is CH9KO2. The zero-order chi connectivity index (χ0) is 0. The van der Waals surface area contributed by atoms with E-state index < -0.39 is 0 Å². The minimum absolute atomic E-state index is 0. The normalized spacial score (nSPS) is 0. The molecule has 0 heterocycles. The van der Waals surface area contributed by atoms with Crippen LogP contribution in [-0.4, -0.2) is 62.3 Å². The second kappa shape index (κ2) is 23.8. The van der Waals surface area contributed by atoms with Crippen LogP contribution in [0.25, 0.3) is 0 Å². The second-order valence-corrected chi connectivity index (χ2v) is 0. The van der Waals surface area contributed by atoms with Gasteiger partial charge in [-0.1, -0.05) is 7.43 Å². The van der Waals surface area contributed by atoms with Gasteiger partial charge in [0.1, 0.15) is 0 Å². The molecule has 0 atom stereocenters. The van der Waals surface area contributed by atoms with Gasteiger partial charge in [0.2, 0.25) is 0 Å². The van der Waals surface area contributed by atoms with Gasteiger partial charge in [-0.15, -0.1) is 0 Å². The molecule has 26 valence electrons. The quantitative estimate of drug-likeness (QED) is 0.321. The molecule has 0 amide bonds. The van der Waals surface area contributed by atoms with Gasteiger partial charge >= 0.3 is 51.4 Å². The third-order valence-corrected chi connectivity index (χ3v) is 0. The van der Waals surface area contributed by atoms with Crippen LogP contribution in [0.2, 0.25) is 0 Å². The molecule has 3 heteroatoms. The molecule has 0 aromatic carbocycles. The molecule has 0 aromatic rings. The van der Waals surface area contributed by atoms with Gasteiger partial charge in [0.05, 0.1) is 0 Å². The van der Waals surface area contributed by atoms with Crippen molar-refractivity contribution < 1.29 is 11.0 Å². The van der Waals surface area contributed by atoms with Gasteiger partial charge in [-0.2, -0.15) is 0 Å².